The van der Waals surface area contributed by atoms with Gasteiger partial charge in [0, 0.05) is 5.69 Å². The molecule has 5 nitrogen and oxygen atoms in total. The molecule has 0 aliphatic carbocycles. The summed E-state index contributed by atoms with van der Waals surface area (Å²) < 4.78 is 11.2. The molecule has 1 amide bonds. The van der Waals surface area contributed by atoms with Crippen LogP contribution in [0.3, 0.4) is 0 Å². The summed E-state index contributed by atoms with van der Waals surface area (Å²) in [5.41, 5.74) is 1.21. The number of para-hydroxylation sites is 1. The molecule has 0 unspecified atom stereocenters. The number of carbonyl (C=O) groups is 1. The fraction of sp³-hybridized carbons (Fsp3) is 0.333. The fourth-order valence-corrected chi connectivity index (χ4v) is 2.53. The standard InChI is InChI=1S/C21H26N2O3S/c1-4-25-19-8-6-5-7-18(19)20(24)23-21(27)22-16-9-11-17(12-10-16)26-14-13-15(2)3/h5-12,15H,4,13-14H2,1-3H3,(H2,22,23,24,27). The Morgan fingerprint density at radius 3 is 2.44 bits per heavy atom. The average molecular weight is 387 g/mol. The molecule has 0 atom stereocenters. The average Bonchev–Trinajstić information content (AvgIpc) is 2.63. The van der Waals surface area contributed by atoms with E-state index in [4.69, 9.17) is 21.7 Å². The van der Waals surface area contributed by atoms with E-state index in [1.807, 2.05) is 37.3 Å². The molecule has 27 heavy (non-hydrogen) atoms. The molecule has 0 spiro atoms. The molecule has 2 aromatic carbocycles. The van der Waals surface area contributed by atoms with Gasteiger partial charge in [0.1, 0.15) is 11.5 Å². The molecule has 2 aromatic rings. The second-order valence-corrected chi connectivity index (χ2v) is 6.80. The molecule has 0 saturated heterocycles. The van der Waals surface area contributed by atoms with E-state index in [9.17, 15) is 4.79 Å². The number of amides is 1. The van der Waals surface area contributed by atoms with Gasteiger partial charge in [-0.05, 0) is 67.9 Å². The Kier molecular flexibility index (Phi) is 8.07. The predicted molar refractivity (Wildman–Crippen MR) is 113 cm³/mol. The highest BCUT2D eigenvalue weighted by atomic mass is 32.1. The molecule has 6 heteroatoms. The molecular weight excluding hydrogens is 360 g/mol. The summed E-state index contributed by atoms with van der Waals surface area (Å²) in [6.45, 7) is 7.38. The number of anilines is 1. The Bertz CT molecular complexity index is 760. The highest BCUT2D eigenvalue weighted by molar-refractivity contribution is 7.80. The van der Waals surface area contributed by atoms with Gasteiger partial charge in [0.25, 0.3) is 5.91 Å². The highest BCUT2D eigenvalue weighted by Gasteiger charge is 2.13. The van der Waals surface area contributed by atoms with Crippen molar-refractivity contribution < 1.29 is 14.3 Å². The molecule has 144 valence electrons. The number of rotatable bonds is 8. The van der Waals surface area contributed by atoms with E-state index in [2.05, 4.69) is 24.5 Å². The van der Waals surface area contributed by atoms with Crippen molar-refractivity contribution in [2.45, 2.75) is 27.2 Å². The van der Waals surface area contributed by atoms with Crippen LogP contribution in [0.25, 0.3) is 0 Å². The Balaban J connectivity index is 1.89. The molecule has 0 heterocycles. The Labute approximate surface area is 166 Å². The maximum atomic E-state index is 12.4. The van der Waals surface area contributed by atoms with E-state index in [0.717, 1.165) is 17.9 Å². The van der Waals surface area contributed by atoms with Gasteiger partial charge < -0.3 is 14.8 Å². The molecule has 0 bridgehead atoms. The lowest BCUT2D eigenvalue weighted by atomic mass is 10.1. The fourth-order valence-electron chi connectivity index (χ4n) is 2.32. The molecule has 0 saturated carbocycles. The van der Waals surface area contributed by atoms with Gasteiger partial charge in [0.2, 0.25) is 0 Å². The number of nitrogens with one attached hydrogen (secondary N) is 2. The van der Waals surface area contributed by atoms with Crippen molar-refractivity contribution >= 4 is 28.9 Å². The Hall–Kier alpha value is -2.60. The number of hydrogen-bond donors (Lipinski definition) is 2. The summed E-state index contributed by atoms with van der Waals surface area (Å²) in [6, 6.07) is 14.5. The van der Waals surface area contributed by atoms with Crippen LogP contribution in [0.4, 0.5) is 5.69 Å². The number of ether oxygens (including phenoxy) is 2. The quantitative estimate of drug-likeness (QED) is 0.648. The normalized spacial score (nSPS) is 10.4. The van der Waals surface area contributed by atoms with Crippen LogP contribution in [-0.4, -0.2) is 24.2 Å². The number of carbonyl (C=O) groups excluding carboxylic acids is 1. The van der Waals surface area contributed by atoms with E-state index < -0.39 is 0 Å². The van der Waals surface area contributed by atoms with Crippen LogP contribution in [0.2, 0.25) is 0 Å². The smallest absolute Gasteiger partial charge is 0.261 e. The molecule has 0 aliphatic heterocycles. The van der Waals surface area contributed by atoms with Gasteiger partial charge in [-0.15, -0.1) is 0 Å². The number of hydrogen-bond acceptors (Lipinski definition) is 4. The zero-order valence-corrected chi connectivity index (χ0v) is 16.8. The van der Waals surface area contributed by atoms with Crippen molar-refractivity contribution in [3.05, 3.63) is 54.1 Å². The SMILES string of the molecule is CCOc1ccccc1C(=O)NC(=S)Nc1ccc(OCCC(C)C)cc1. The summed E-state index contributed by atoms with van der Waals surface area (Å²) >= 11 is 5.24. The van der Waals surface area contributed by atoms with Crippen molar-refractivity contribution in [1.82, 2.24) is 5.32 Å². The second-order valence-electron chi connectivity index (χ2n) is 6.39. The van der Waals surface area contributed by atoms with E-state index in [1.165, 1.54) is 0 Å². The molecule has 2 rings (SSSR count). The third-order valence-corrected chi connectivity index (χ3v) is 3.94. The van der Waals surface area contributed by atoms with Crippen LogP contribution in [0, 0.1) is 5.92 Å². The van der Waals surface area contributed by atoms with Gasteiger partial charge in [0.05, 0.1) is 18.8 Å². The maximum Gasteiger partial charge on any atom is 0.261 e. The molecule has 0 aliphatic rings. The van der Waals surface area contributed by atoms with E-state index in [-0.39, 0.29) is 11.0 Å². The Morgan fingerprint density at radius 1 is 1.07 bits per heavy atom. The lowest BCUT2D eigenvalue weighted by Gasteiger charge is -2.13. The van der Waals surface area contributed by atoms with Crippen LogP contribution in [-0.2, 0) is 0 Å². The Morgan fingerprint density at radius 2 is 1.78 bits per heavy atom. The minimum atomic E-state index is -0.315. The third-order valence-electron chi connectivity index (χ3n) is 3.73. The first-order chi connectivity index (χ1) is 13.0. The predicted octanol–water partition coefficient (Wildman–Crippen LogP) is 4.64. The van der Waals surface area contributed by atoms with Crippen LogP contribution >= 0.6 is 12.2 Å². The van der Waals surface area contributed by atoms with Crippen LogP contribution in [0.15, 0.2) is 48.5 Å². The lowest BCUT2D eigenvalue weighted by molar-refractivity contribution is 0.0974. The van der Waals surface area contributed by atoms with E-state index in [0.29, 0.717) is 30.4 Å². The van der Waals surface area contributed by atoms with Crippen molar-refractivity contribution in [2.75, 3.05) is 18.5 Å². The zero-order chi connectivity index (χ0) is 19.6. The van der Waals surface area contributed by atoms with Crippen molar-refractivity contribution in [3.8, 4) is 11.5 Å². The molecule has 0 fully saturated rings. The first-order valence-corrected chi connectivity index (χ1v) is 9.47. The van der Waals surface area contributed by atoms with Crippen molar-refractivity contribution in [1.29, 1.82) is 0 Å². The van der Waals surface area contributed by atoms with Gasteiger partial charge in [-0.1, -0.05) is 26.0 Å². The maximum absolute atomic E-state index is 12.4. The second kappa shape index (κ2) is 10.5. The van der Waals surface area contributed by atoms with E-state index in [1.54, 1.807) is 18.2 Å². The monoisotopic (exact) mass is 386 g/mol. The van der Waals surface area contributed by atoms with Gasteiger partial charge in [0.15, 0.2) is 5.11 Å². The van der Waals surface area contributed by atoms with Crippen molar-refractivity contribution in [2.24, 2.45) is 5.92 Å². The van der Waals surface area contributed by atoms with Crippen LogP contribution in [0.1, 0.15) is 37.6 Å². The van der Waals surface area contributed by atoms with Crippen LogP contribution < -0.4 is 20.1 Å². The summed E-state index contributed by atoms with van der Waals surface area (Å²) in [7, 11) is 0. The first-order valence-electron chi connectivity index (χ1n) is 9.06. The third kappa shape index (κ3) is 6.90. The van der Waals surface area contributed by atoms with Gasteiger partial charge in [-0.25, -0.2) is 0 Å². The minimum Gasteiger partial charge on any atom is -0.494 e. The molecule has 0 aromatic heterocycles. The van der Waals surface area contributed by atoms with Crippen LogP contribution in [0.5, 0.6) is 11.5 Å². The largest absolute Gasteiger partial charge is 0.494 e. The number of benzene rings is 2. The summed E-state index contributed by atoms with van der Waals surface area (Å²) in [6.07, 6.45) is 1.01. The minimum absolute atomic E-state index is 0.222. The number of thiocarbonyl (C=S) groups is 1. The van der Waals surface area contributed by atoms with Gasteiger partial charge >= 0.3 is 0 Å². The highest BCUT2D eigenvalue weighted by Crippen LogP contribution is 2.18. The van der Waals surface area contributed by atoms with Gasteiger partial charge in [-0.2, -0.15) is 0 Å². The van der Waals surface area contributed by atoms with Gasteiger partial charge in [-0.3, -0.25) is 10.1 Å². The summed E-state index contributed by atoms with van der Waals surface area (Å²) in [5, 5.41) is 5.90. The molecule has 0 radical (unpaired) electrons. The molecular formula is C21H26N2O3S. The lowest BCUT2D eigenvalue weighted by Crippen LogP contribution is -2.34. The van der Waals surface area contributed by atoms with Crippen molar-refractivity contribution in [3.63, 3.8) is 0 Å². The topological polar surface area (TPSA) is 59.6 Å². The molecule has 2 N–H and O–H groups in total. The van der Waals surface area contributed by atoms with E-state index >= 15 is 0 Å². The first kappa shape index (κ1) is 20.7. The summed E-state index contributed by atoms with van der Waals surface area (Å²) in [4.78, 5) is 12.4. The summed E-state index contributed by atoms with van der Waals surface area (Å²) in [5.74, 6) is 1.63. The zero-order valence-electron chi connectivity index (χ0n) is 16.0.